The number of benzene rings is 2. The highest BCUT2D eigenvalue weighted by atomic mass is 16.5. The van der Waals surface area contributed by atoms with E-state index in [0.29, 0.717) is 0 Å². The Morgan fingerprint density at radius 2 is 1.03 bits per heavy atom. The van der Waals surface area contributed by atoms with Crippen LogP contribution in [0.1, 0.15) is 108 Å². The van der Waals surface area contributed by atoms with Gasteiger partial charge in [-0.05, 0) is 41.8 Å². The second kappa shape index (κ2) is 17.1. The molecule has 2 aromatic carbocycles. The van der Waals surface area contributed by atoms with E-state index in [9.17, 15) is 10.2 Å². The summed E-state index contributed by atoms with van der Waals surface area (Å²) in [5, 5.41) is 19.1. The van der Waals surface area contributed by atoms with Crippen LogP contribution in [0, 0.1) is 0 Å². The molecule has 0 radical (unpaired) electrons. The van der Waals surface area contributed by atoms with Gasteiger partial charge in [0.2, 0.25) is 0 Å². The number of hydrogen-bond donors (Lipinski definition) is 2. The molecule has 0 aromatic heterocycles. The van der Waals surface area contributed by atoms with Gasteiger partial charge in [0.25, 0.3) is 0 Å². The molecule has 0 saturated heterocycles. The summed E-state index contributed by atoms with van der Waals surface area (Å²) in [4.78, 5) is 0. The molecule has 0 saturated carbocycles. The highest BCUT2D eigenvalue weighted by Gasteiger charge is 1.98. The van der Waals surface area contributed by atoms with Crippen LogP contribution < -0.4 is 4.74 Å². The Bertz CT molecular complexity index is 759. The Morgan fingerprint density at radius 3 is 1.55 bits per heavy atom. The zero-order chi connectivity index (χ0) is 23.6. The molecule has 0 heterocycles. The lowest BCUT2D eigenvalue weighted by Gasteiger charge is -2.07. The molecule has 0 aliphatic rings. The molecule has 0 fully saturated rings. The summed E-state index contributed by atoms with van der Waals surface area (Å²) >= 11 is 0. The van der Waals surface area contributed by atoms with Gasteiger partial charge in [0.15, 0.2) is 0 Å². The zero-order valence-electron chi connectivity index (χ0n) is 20.6. The van der Waals surface area contributed by atoms with Gasteiger partial charge < -0.3 is 14.9 Å². The maximum absolute atomic E-state index is 9.55. The summed E-state index contributed by atoms with van der Waals surface area (Å²) in [5.74, 6) is 1.01. The zero-order valence-corrected chi connectivity index (χ0v) is 20.6. The monoisotopic (exact) mass is 452 g/mol. The third-order valence-electron chi connectivity index (χ3n) is 6.04. The molecule has 0 unspecified atom stereocenters. The lowest BCUT2D eigenvalue weighted by molar-refractivity contribution is 0.304. The normalized spacial score (nSPS) is 11.3. The van der Waals surface area contributed by atoms with Crippen LogP contribution in [0.3, 0.4) is 0 Å². The Kier molecular flexibility index (Phi) is 13.9. The molecule has 0 atom stereocenters. The molecule has 3 nitrogen and oxygen atoms in total. The first-order valence-corrected chi connectivity index (χ1v) is 13.1. The van der Waals surface area contributed by atoms with Crippen LogP contribution in [0.4, 0.5) is 0 Å². The van der Waals surface area contributed by atoms with Crippen LogP contribution in [0.15, 0.2) is 42.5 Å². The molecule has 0 spiro atoms. The van der Waals surface area contributed by atoms with E-state index in [1.54, 1.807) is 12.1 Å². The highest BCUT2D eigenvalue weighted by molar-refractivity contribution is 5.71. The van der Waals surface area contributed by atoms with E-state index >= 15 is 0 Å². The van der Waals surface area contributed by atoms with Gasteiger partial charge in [-0.1, -0.05) is 115 Å². The first-order chi connectivity index (χ1) is 16.2. The fraction of sp³-hybridized carbons (Fsp3) is 0.533. The summed E-state index contributed by atoms with van der Waals surface area (Å²) in [6.07, 6.45) is 22.9. The van der Waals surface area contributed by atoms with Crippen molar-refractivity contribution in [3.63, 3.8) is 0 Å². The fourth-order valence-corrected chi connectivity index (χ4v) is 4.07. The summed E-state index contributed by atoms with van der Waals surface area (Å²) in [5.41, 5.74) is 1.80. The van der Waals surface area contributed by atoms with Crippen molar-refractivity contribution >= 4 is 12.2 Å². The molecular formula is C30H44O3. The van der Waals surface area contributed by atoms with Crippen molar-refractivity contribution in [2.75, 3.05) is 6.61 Å². The predicted octanol–water partition coefficient (Wildman–Crippen LogP) is 9.13. The molecule has 0 bridgehead atoms. The van der Waals surface area contributed by atoms with Crippen molar-refractivity contribution in [2.45, 2.75) is 96.8 Å². The fourth-order valence-electron chi connectivity index (χ4n) is 4.07. The maximum atomic E-state index is 9.55. The molecule has 0 aliphatic carbocycles. The van der Waals surface area contributed by atoms with Gasteiger partial charge >= 0.3 is 0 Å². The second-order valence-electron chi connectivity index (χ2n) is 9.13. The van der Waals surface area contributed by atoms with E-state index < -0.39 is 0 Å². The molecule has 2 N–H and O–H groups in total. The minimum Gasteiger partial charge on any atom is -0.508 e. The number of rotatable bonds is 18. The van der Waals surface area contributed by atoms with Crippen LogP contribution in [0.5, 0.6) is 17.2 Å². The van der Waals surface area contributed by atoms with Gasteiger partial charge in [-0.25, -0.2) is 0 Å². The molecular weight excluding hydrogens is 408 g/mol. The maximum Gasteiger partial charge on any atom is 0.119 e. The number of phenolic OH excluding ortho intramolecular Hbond substituents is 2. The van der Waals surface area contributed by atoms with Crippen molar-refractivity contribution in [1.29, 1.82) is 0 Å². The average Bonchev–Trinajstić information content (AvgIpc) is 2.80. The molecule has 33 heavy (non-hydrogen) atoms. The molecule has 2 rings (SSSR count). The van der Waals surface area contributed by atoms with E-state index in [-0.39, 0.29) is 11.5 Å². The summed E-state index contributed by atoms with van der Waals surface area (Å²) in [6, 6.07) is 12.6. The van der Waals surface area contributed by atoms with Crippen molar-refractivity contribution in [3.8, 4) is 17.2 Å². The molecule has 0 aliphatic heterocycles. The Labute approximate surface area is 201 Å². The number of hydrogen-bond acceptors (Lipinski definition) is 3. The summed E-state index contributed by atoms with van der Waals surface area (Å²) < 4.78 is 5.87. The SMILES string of the molecule is CCCCCCCCCCCCCCCCOc1ccc(/C=C/c2cc(O)cc(O)c2)cc1. The van der Waals surface area contributed by atoms with Crippen molar-refractivity contribution in [3.05, 3.63) is 53.6 Å². The first kappa shape index (κ1) is 26.8. The number of aromatic hydroxyl groups is 2. The van der Waals surface area contributed by atoms with Crippen molar-refractivity contribution < 1.29 is 14.9 Å². The van der Waals surface area contributed by atoms with E-state index in [2.05, 4.69) is 6.92 Å². The van der Waals surface area contributed by atoms with Crippen molar-refractivity contribution in [1.82, 2.24) is 0 Å². The quantitative estimate of drug-likeness (QED) is 0.175. The van der Waals surface area contributed by atoms with E-state index in [1.807, 2.05) is 36.4 Å². The molecule has 0 amide bonds. The van der Waals surface area contributed by atoms with E-state index in [0.717, 1.165) is 29.9 Å². The van der Waals surface area contributed by atoms with Gasteiger partial charge in [-0.15, -0.1) is 0 Å². The number of phenols is 2. The van der Waals surface area contributed by atoms with Crippen LogP contribution >= 0.6 is 0 Å². The number of ether oxygens (including phenoxy) is 1. The smallest absolute Gasteiger partial charge is 0.119 e. The number of unbranched alkanes of at least 4 members (excludes halogenated alkanes) is 13. The topological polar surface area (TPSA) is 49.7 Å². The van der Waals surface area contributed by atoms with Crippen LogP contribution in [0.2, 0.25) is 0 Å². The Balaban J connectivity index is 1.46. The second-order valence-corrected chi connectivity index (χ2v) is 9.13. The van der Waals surface area contributed by atoms with Gasteiger partial charge in [0.1, 0.15) is 17.2 Å². The largest absolute Gasteiger partial charge is 0.508 e. The van der Waals surface area contributed by atoms with Crippen molar-refractivity contribution in [2.24, 2.45) is 0 Å². The standard InChI is InChI=1S/C30H44O3/c1-2-3-4-5-6-7-8-9-10-11-12-13-14-15-22-33-30-20-18-26(19-21-30)16-17-27-23-28(31)25-29(32)24-27/h16-21,23-25,31-32H,2-15,22H2,1H3/b17-16+. The van der Waals surface area contributed by atoms with Gasteiger partial charge in [-0.3, -0.25) is 0 Å². The summed E-state index contributed by atoms with van der Waals surface area (Å²) in [6.45, 7) is 3.05. The van der Waals surface area contributed by atoms with Gasteiger partial charge in [0.05, 0.1) is 6.61 Å². The lowest BCUT2D eigenvalue weighted by Crippen LogP contribution is -1.97. The van der Waals surface area contributed by atoms with Gasteiger partial charge in [0, 0.05) is 6.07 Å². The minimum absolute atomic E-state index is 0.0573. The highest BCUT2D eigenvalue weighted by Crippen LogP contribution is 2.22. The lowest BCUT2D eigenvalue weighted by atomic mass is 10.0. The third kappa shape index (κ3) is 13.0. The minimum atomic E-state index is 0.0573. The third-order valence-corrected chi connectivity index (χ3v) is 6.04. The van der Waals surface area contributed by atoms with E-state index in [1.165, 1.54) is 89.5 Å². The van der Waals surface area contributed by atoms with E-state index in [4.69, 9.17) is 4.74 Å². The predicted molar refractivity (Wildman–Crippen MR) is 141 cm³/mol. The average molecular weight is 453 g/mol. The molecule has 182 valence electrons. The Hall–Kier alpha value is -2.42. The van der Waals surface area contributed by atoms with Crippen LogP contribution in [-0.4, -0.2) is 16.8 Å². The first-order valence-electron chi connectivity index (χ1n) is 13.1. The molecule has 2 aromatic rings. The van der Waals surface area contributed by atoms with Gasteiger partial charge in [-0.2, -0.15) is 0 Å². The Morgan fingerprint density at radius 1 is 0.576 bits per heavy atom. The summed E-state index contributed by atoms with van der Waals surface area (Å²) in [7, 11) is 0. The van der Waals surface area contributed by atoms with Crippen LogP contribution in [-0.2, 0) is 0 Å². The van der Waals surface area contributed by atoms with Crippen LogP contribution in [0.25, 0.3) is 12.2 Å². The molecule has 3 heteroatoms.